The van der Waals surface area contributed by atoms with E-state index in [2.05, 4.69) is 22.3 Å². The van der Waals surface area contributed by atoms with E-state index in [1.165, 1.54) is 11.8 Å². The van der Waals surface area contributed by atoms with Crippen LogP contribution in [0.5, 0.6) is 5.75 Å². The molecule has 0 fully saturated rings. The van der Waals surface area contributed by atoms with Crippen molar-refractivity contribution in [3.05, 3.63) is 109 Å². The number of hydrogen-bond donors (Lipinski definition) is 0. The first kappa shape index (κ1) is 22.7. The molecule has 0 atom stereocenters. The molecule has 2 heterocycles. The fraction of sp³-hybridized carbons (Fsp3) is 0.107. The number of rotatable bonds is 9. The van der Waals surface area contributed by atoms with E-state index in [0.717, 1.165) is 28.2 Å². The maximum Gasteiger partial charge on any atom is 0.192 e. The molecule has 0 saturated carbocycles. The van der Waals surface area contributed by atoms with Gasteiger partial charge in [-0.15, -0.1) is 10.2 Å². The van der Waals surface area contributed by atoms with Crippen molar-refractivity contribution < 1.29 is 13.9 Å². The van der Waals surface area contributed by atoms with E-state index in [1.807, 2.05) is 83.4 Å². The highest BCUT2D eigenvalue weighted by atomic mass is 32.2. The second-order valence-corrected chi connectivity index (χ2v) is 8.80. The van der Waals surface area contributed by atoms with Crippen LogP contribution >= 0.6 is 11.8 Å². The van der Waals surface area contributed by atoms with Crippen LogP contribution in [0, 0.1) is 0 Å². The smallest absolute Gasteiger partial charge is 0.192 e. The number of thioether (sulfide) groups is 1. The molecule has 0 saturated heterocycles. The summed E-state index contributed by atoms with van der Waals surface area (Å²) in [5.41, 5.74) is 3.74. The minimum atomic E-state index is 0.0325. The number of ether oxygens (including phenoxy) is 1. The number of carbonyl (C=O) groups excluding carboxylic acids is 1. The van der Waals surface area contributed by atoms with Crippen molar-refractivity contribution >= 4 is 17.5 Å². The van der Waals surface area contributed by atoms with Crippen LogP contribution in [0.4, 0.5) is 0 Å². The number of hydrogen-bond acceptors (Lipinski definition) is 6. The summed E-state index contributed by atoms with van der Waals surface area (Å²) in [7, 11) is 1.63. The summed E-state index contributed by atoms with van der Waals surface area (Å²) < 4.78 is 12.9. The van der Waals surface area contributed by atoms with Crippen molar-refractivity contribution in [2.24, 2.45) is 0 Å². The molecule has 0 aliphatic heterocycles. The average Bonchev–Trinajstić information content (AvgIpc) is 3.58. The van der Waals surface area contributed by atoms with Gasteiger partial charge in [-0.1, -0.05) is 78.5 Å². The highest BCUT2D eigenvalue weighted by Crippen LogP contribution is 2.28. The zero-order valence-corrected chi connectivity index (χ0v) is 19.9. The predicted octanol–water partition coefficient (Wildman–Crippen LogP) is 6.24. The molecule has 0 unspecified atom stereocenters. The Morgan fingerprint density at radius 1 is 0.886 bits per heavy atom. The lowest BCUT2D eigenvalue weighted by atomic mass is 10.0. The fourth-order valence-electron chi connectivity index (χ4n) is 3.76. The van der Waals surface area contributed by atoms with Crippen LogP contribution in [0.25, 0.3) is 22.5 Å². The Hall–Kier alpha value is -4.10. The van der Waals surface area contributed by atoms with Gasteiger partial charge < -0.3 is 9.15 Å². The summed E-state index contributed by atoms with van der Waals surface area (Å²) >= 11 is 1.36. The van der Waals surface area contributed by atoms with Crippen LogP contribution < -0.4 is 4.74 Å². The van der Waals surface area contributed by atoms with Gasteiger partial charge in [-0.3, -0.25) is 9.36 Å². The van der Waals surface area contributed by atoms with Gasteiger partial charge >= 0.3 is 0 Å². The van der Waals surface area contributed by atoms with Crippen LogP contribution in [0.2, 0.25) is 0 Å². The van der Waals surface area contributed by atoms with E-state index in [-0.39, 0.29) is 11.5 Å². The van der Waals surface area contributed by atoms with Gasteiger partial charge in [0, 0.05) is 11.1 Å². The number of ketones is 1. The molecule has 6 nitrogen and oxygen atoms in total. The topological polar surface area (TPSA) is 70.2 Å². The fourth-order valence-corrected chi connectivity index (χ4v) is 4.60. The molecule has 5 rings (SSSR count). The molecule has 3 aromatic carbocycles. The molecule has 174 valence electrons. The van der Waals surface area contributed by atoms with Gasteiger partial charge in [0.1, 0.15) is 11.5 Å². The lowest BCUT2D eigenvalue weighted by molar-refractivity contribution is 0.102. The number of methoxy groups -OCH3 is 1. The largest absolute Gasteiger partial charge is 0.497 e. The van der Waals surface area contributed by atoms with Crippen LogP contribution in [0.3, 0.4) is 0 Å². The van der Waals surface area contributed by atoms with Gasteiger partial charge in [0.2, 0.25) is 0 Å². The van der Waals surface area contributed by atoms with Gasteiger partial charge in [0.05, 0.1) is 25.7 Å². The molecule has 5 aromatic rings. The second-order valence-electron chi connectivity index (χ2n) is 7.86. The summed E-state index contributed by atoms with van der Waals surface area (Å²) in [5.74, 6) is 2.48. The lowest BCUT2D eigenvalue weighted by Crippen LogP contribution is -2.07. The Bertz CT molecular complexity index is 1410. The molecule has 0 amide bonds. The molecule has 7 heteroatoms. The Morgan fingerprint density at radius 2 is 1.66 bits per heavy atom. The Balaban J connectivity index is 1.35. The first-order valence-corrected chi connectivity index (χ1v) is 12.1. The molecule has 35 heavy (non-hydrogen) atoms. The third-order valence-electron chi connectivity index (χ3n) is 5.59. The highest BCUT2D eigenvalue weighted by molar-refractivity contribution is 7.99. The molecular weight excluding hydrogens is 458 g/mol. The van der Waals surface area contributed by atoms with E-state index >= 15 is 0 Å². The van der Waals surface area contributed by atoms with Crippen LogP contribution in [-0.2, 0) is 6.54 Å². The van der Waals surface area contributed by atoms with Crippen molar-refractivity contribution in [1.82, 2.24) is 14.8 Å². The van der Waals surface area contributed by atoms with E-state index < -0.39 is 0 Å². The minimum absolute atomic E-state index is 0.0325. The number of Topliss-reactive ketones (excluding diaryl/α,β-unsaturated/α-hetero) is 1. The molecule has 0 aliphatic carbocycles. The van der Waals surface area contributed by atoms with E-state index in [4.69, 9.17) is 9.15 Å². The Morgan fingerprint density at radius 3 is 2.40 bits per heavy atom. The van der Waals surface area contributed by atoms with Crippen molar-refractivity contribution in [3.63, 3.8) is 0 Å². The van der Waals surface area contributed by atoms with E-state index in [9.17, 15) is 4.79 Å². The van der Waals surface area contributed by atoms with Crippen molar-refractivity contribution in [3.8, 4) is 28.3 Å². The molecule has 0 aliphatic rings. The van der Waals surface area contributed by atoms with Crippen LogP contribution in [0.1, 0.15) is 16.1 Å². The predicted molar refractivity (Wildman–Crippen MR) is 137 cm³/mol. The monoisotopic (exact) mass is 481 g/mol. The maximum absolute atomic E-state index is 12.9. The number of benzene rings is 3. The summed E-state index contributed by atoms with van der Waals surface area (Å²) in [6, 6.07) is 29.2. The number of carbonyl (C=O) groups is 1. The minimum Gasteiger partial charge on any atom is -0.497 e. The number of nitrogens with zero attached hydrogens (tertiary/aromatic N) is 3. The second kappa shape index (κ2) is 10.4. The molecule has 2 aromatic heterocycles. The highest BCUT2D eigenvalue weighted by Gasteiger charge is 2.18. The third kappa shape index (κ3) is 5.20. The Labute approximate surface area is 207 Å². The first-order valence-electron chi connectivity index (χ1n) is 11.1. The van der Waals surface area contributed by atoms with Gasteiger partial charge in [-0.25, -0.2) is 0 Å². The molecule has 0 N–H and O–H groups in total. The van der Waals surface area contributed by atoms with E-state index in [1.54, 1.807) is 13.4 Å². The van der Waals surface area contributed by atoms with Gasteiger partial charge in [0.15, 0.2) is 16.8 Å². The third-order valence-corrected chi connectivity index (χ3v) is 6.55. The summed E-state index contributed by atoms with van der Waals surface area (Å²) in [5, 5.41) is 9.46. The SMILES string of the molecule is COc1cccc(-c2nnc(SCC(=O)c3ccc(-c4ccccc4)cc3)n2Cc2ccco2)c1. The maximum atomic E-state index is 12.9. The van der Waals surface area contributed by atoms with Crippen molar-refractivity contribution in [2.75, 3.05) is 12.9 Å². The van der Waals surface area contributed by atoms with Crippen molar-refractivity contribution in [2.45, 2.75) is 11.7 Å². The van der Waals surface area contributed by atoms with E-state index in [0.29, 0.717) is 23.1 Å². The van der Waals surface area contributed by atoms with Crippen molar-refractivity contribution in [1.29, 1.82) is 0 Å². The lowest BCUT2D eigenvalue weighted by Gasteiger charge is -2.10. The number of furan rings is 1. The Kier molecular flexibility index (Phi) is 6.77. The quantitative estimate of drug-likeness (QED) is 0.183. The molecule has 0 bridgehead atoms. The van der Waals surface area contributed by atoms with Gasteiger partial charge in [-0.05, 0) is 35.4 Å². The molecule has 0 radical (unpaired) electrons. The first-order chi connectivity index (χ1) is 17.2. The molecule has 0 spiro atoms. The molecular formula is C28H23N3O3S. The normalized spacial score (nSPS) is 10.9. The van der Waals surface area contributed by atoms with Crippen LogP contribution in [-0.4, -0.2) is 33.4 Å². The van der Waals surface area contributed by atoms with Gasteiger partial charge in [0.25, 0.3) is 0 Å². The average molecular weight is 482 g/mol. The summed E-state index contributed by atoms with van der Waals surface area (Å²) in [6.45, 7) is 0.453. The standard InChI is InChI=1S/C28H23N3O3S/c1-33-24-10-5-9-23(17-24)27-29-30-28(31(27)18-25-11-6-16-34-25)35-19-26(32)22-14-12-21(13-15-22)20-7-3-2-4-8-20/h2-17H,18-19H2,1H3. The van der Waals surface area contributed by atoms with Crippen LogP contribution in [0.15, 0.2) is 107 Å². The summed E-state index contributed by atoms with van der Waals surface area (Å²) in [6.07, 6.45) is 1.64. The zero-order chi connectivity index (χ0) is 24.0. The zero-order valence-electron chi connectivity index (χ0n) is 19.1. The number of aromatic nitrogens is 3. The summed E-state index contributed by atoms with van der Waals surface area (Å²) in [4.78, 5) is 12.9. The van der Waals surface area contributed by atoms with Gasteiger partial charge in [-0.2, -0.15) is 0 Å².